The molecular formula is C15H22N6S. The van der Waals surface area contributed by atoms with E-state index >= 15 is 0 Å². The SMILES string of the molecule is CC(C)c1n[nH]c([C@@H]2CN(Cc3cnsn3)C[C@H]2C2CC2)n1. The van der Waals surface area contributed by atoms with Gasteiger partial charge < -0.3 is 0 Å². The quantitative estimate of drug-likeness (QED) is 0.916. The van der Waals surface area contributed by atoms with Gasteiger partial charge in [-0.3, -0.25) is 10.00 Å². The van der Waals surface area contributed by atoms with E-state index in [1.807, 2.05) is 6.20 Å². The van der Waals surface area contributed by atoms with Crippen LogP contribution in [0.4, 0.5) is 0 Å². The number of hydrogen-bond acceptors (Lipinski definition) is 6. The molecule has 0 radical (unpaired) electrons. The van der Waals surface area contributed by atoms with Crippen molar-refractivity contribution in [2.75, 3.05) is 13.1 Å². The van der Waals surface area contributed by atoms with Crippen LogP contribution in [-0.4, -0.2) is 41.9 Å². The summed E-state index contributed by atoms with van der Waals surface area (Å²) >= 11 is 1.29. The Labute approximate surface area is 134 Å². The predicted molar refractivity (Wildman–Crippen MR) is 84.6 cm³/mol. The molecule has 22 heavy (non-hydrogen) atoms. The highest BCUT2D eigenvalue weighted by molar-refractivity contribution is 6.99. The normalized spacial score (nSPS) is 26.1. The van der Waals surface area contributed by atoms with Crippen molar-refractivity contribution >= 4 is 11.7 Å². The molecule has 7 heteroatoms. The Hall–Kier alpha value is -1.34. The zero-order valence-corrected chi connectivity index (χ0v) is 13.9. The number of rotatable bonds is 5. The third kappa shape index (κ3) is 2.79. The van der Waals surface area contributed by atoms with Crippen molar-refractivity contribution in [3.05, 3.63) is 23.5 Å². The average molecular weight is 318 g/mol. The number of H-pyrrole nitrogens is 1. The van der Waals surface area contributed by atoms with Gasteiger partial charge in [-0.2, -0.15) is 13.8 Å². The highest BCUT2D eigenvalue weighted by Gasteiger charge is 2.44. The van der Waals surface area contributed by atoms with E-state index in [9.17, 15) is 0 Å². The number of likely N-dealkylation sites (tertiary alicyclic amines) is 1. The van der Waals surface area contributed by atoms with Gasteiger partial charge in [0.1, 0.15) is 5.82 Å². The van der Waals surface area contributed by atoms with Crippen molar-refractivity contribution < 1.29 is 0 Å². The molecule has 118 valence electrons. The number of nitrogens with zero attached hydrogens (tertiary/aromatic N) is 5. The molecule has 0 aromatic carbocycles. The predicted octanol–water partition coefficient (Wildman–Crippen LogP) is 2.41. The van der Waals surface area contributed by atoms with E-state index in [1.165, 1.54) is 24.6 Å². The summed E-state index contributed by atoms with van der Waals surface area (Å²) in [6.07, 6.45) is 4.63. The number of aromatic nitrogens is 5. The van der Waals surface area contributed by atoms with Gasteiger partial charge in [0, 0.05) is 31.5 Å². The Morgan fingerprint density at radius 1 is 1.36 bits per heavy atom. The lowest BCUT2D eigenvalue weighted by atomic mass is 9.91. The lowest BCUT2D eigenvalue weighted by Gasteiger charge is -2.14. The molecule has 0 spiro atoms. The third-order valence-corrected chi connectivity index (χ3v) is 5.36. The van der Waals surface area contributed by atoms with E-state index in [2.05, 4.69) is 37.7 Å². The molecule has 2 aliphatic rings. The molecule has 6 nitrogen and oxygen atoms in total. The van der Waals surface area contributed by atoms with Gasteiger partial charge in [-0.25, -0.2) is 4.98 Å². The standard InChI is InChI=1S/C15H22N6S/c1-9(2)14-17-15(19-18-14)13-8-21(6-11-5-16-22-20-11)7-12(13)10-3-4-10/h5,9-10,12-13H,3-4,6-8H2,1-2H3,(H,17,18,19)/t12-,13+/m0/s1. The Morgan fingerprint density at radius 2 is 2.23 bits per heavy atom. The molecule has 1 saturated carbocycles. The monoisotopic (exact) mass is 318 g/mol. The minimum Gasteiger partial charge on any atom is -0.296 e. The van der Waals surface area contributed by atoms with E-state index in [0.717, 1.165) is 42.9 Å². The lowest BCUT2D eigenvalue weighted by molar-refractivity contribution is 0.307. The average Bonchev–Trinajstić information content (AvgIpc) is 2.96. The Kier molecular flexibility index (Phi) is 3.69. The first-order valence-corrected chi connectivity index (χ1v) is 8.84. The van der Waals surface area contributed by atoms with Crippen molar-refractivity contribution in [3.63, 3.8) is 0 Å². The second kappa shape index (κ2) is 5.70. The molecule has 0 bridgehead atoms. The van der Waals surface area contributed by atoms with Crippen molar-refractivity contribution in [1.29, 1.82) is 0 Å². The third-order valence-electron chi connectivity index (χ3n) is 4.85. The van der Waals surface area contributed by atoms with Crippen molar-refractivity contribution in [3.8, 4) is 0 Å². The maximum atomic E-state index is 4.76. The molecule has 0 unspecified atom stereocenters. The topological polar surface area (TPSA) is 70.6 Å². The van der Waals surface area contributed by atoms with Gasteiger partial charge in [-0.1, -0.05) is 13.8 Å². The Bertz CT molecular complexity index is 618. The van der Waals surface area contributed by atoms with E-state index in [1.54, 1.807) is 0 Å². The largest absolute Gasteiger partial charge is 0.296 e. The first kappa shape index (κ1) is 14.3. The first-order chi connectivity index (χ1) is 10.7. The second-order valence-corrected chi connectivity index (χ2v) is 7.49. The van der Waals surface area contributed by atoms with Crippen molar-refractivity contribution in [2.24, 2.45) is 11.8 Å². The van der Waals surface area contributed by atoms with Crippen LogP contribution in [0.3, 0.4) is 0 Å². The van der Waals surface area contributed by atoms with Gasteiger partial charge in [0.2, 0.25) is 0 Å². The van der Waals surface area contributed by atoms with Gasteiger partial charge in [0.25, 0.3) is 0 Å². The van der Waals surface area contributed by atoms with Crippen LogP contribution in [0.2, 0.25) is 0 Å². The minimum atomic E-state index is 0.378. The second-order valence-electron chi connectivity index (χ2n) is 6.93. The van der Waals surface area contributed by atoms with E-state index < -0.39 is 0 Å². The molecule has 2 aromatic heterocycles. The molecule has 3 heterocycles. The fourth-order valence-corrected chi connectivity index (χ4v) is 3.95. The maximum Gasteiger partial charge on any atom is 0.153 e. The van der Waals surface area contributed by atoms with Gasteiger partial charge >= 0.3 is 0 Å². The molecule has 1 saturated heterocycles. The Morgan fingerprint density at radius 3 is 2.86 bits per heavy atom. The maximum absolute atomic E-state index is 4.76. The number of hydrogen-bond donors (Lipinski definition) is 1. The van der Waals surface area contributed by atoms with Crippen LogP contribution in [0.25, 0.3) is 0 Å². The molecule has 2 fully saturated rings. The summed E-state index contributed by atoms with van der Waals surface area (Å²) in [7, 11) is 0. The number of nitrogens with one attached hydrogen (secondary N) is 1. The van der Waals surface area contributed by atoms with Crippen LogP contribution in [0.1, 0.15) is 55.9 Å². The summed E-state index contributed by atoms with van der Waals surface area (Å²) < 4.78 is 8.45. The van der Waals surface area contributed by atoms with Crippen molar-refractivity contribution in [1.82, 2.24) is 28.8 Å². The van der Waals surface area contributed by atoms with Crippen LogP contribution in [0, 0.1) is 11.8 Å². The zero-order valence-electron chi connectivity index (χ0n) is 13.1. The highest BCUT2D eigenvalue weighted by Crippen LogP contribution is 2.47. The number of aromatic amines is 1. The van der Waals surface area contributed by atoms with Crippen LogP contribution >= 0.6 is 11.7 Å². The van der Waals surface area contributed by atoms with E-state index in [-0.39, 0.29) is 0 Å². The van der Waals surface area contributed by atoms with Crippen LogP contribution < -0.4 is 0 Å². The van der Waals surface area contributed by atoms with E-state index in [0.29, 0.717) is 17.8 Å². The fraction of sp³-hybridized carbons (Fsp3) is 0.733. The zero-order chi connectivity index (χ0) is 15.1. The fourth-order valence-electron chi connectivity index (χ4n) is 3.53. The van der Waals surface area contributed by atoms with E-state index in [4.69, 9.17) is 4.98 Å². The van der Waals surface area contributed by atoms with Crippen molar-refractivity contribution in [2.45, 2.75) is 45.1 Å². The van der Waals surface area contributed by atoms with Crippen LogP contribution in [0.5, 0.6) is 0 Å². The smallest absolute Gasteiger partial charge is 0.153 e. The van der Waals surface area contributed by atoms with Crippen LogP contribution in [-0.2, 0) is 6.54 Å². The molecule has 2 aromatic rings. The summed E-state index contributed by atoms with van der Waals surface area (Å²) in [6, 6.07) is 0. The summed E-state index contributed by atoms with van der Waals surface area (Å²) in [5, 5.41) is 7.61. The summed E-state index contributed by atoms with van der Waals surface area (Å²) in [5.41, 5.74) is 1.08. The molecule has 1 N–H and O–H groups in total. The Balaban J connectivity index is 1.51. The highest BCUT2D eigenvalue weighted by atomic mass is 32.1. The minimum absolute atomic E-state index is 0.378. The summed E-state index contributed by atoms with van der Waals surface area (Å²) in [5.74, 6) is 4.46. The molecule has 2 atom stereocenters. The van der Waals surface area contributed by atoms with Gasteiger partial charge in [0.15, 0.2) is 5.82 Å². The first-order valence-electron chi connectivity index (χ1n) is 8.11. The van der Waals surface area contributed by atoms with Gasteiger partial charge in [0.05, 0.1) is 23.6 Å². The molecule has 4 rings (SSSR count). The van der Waals surface area contributed by atoms with Crippen LogP contribution in [0.15, 0.2) is 6.20 Å². The lowest BCUT2D eigenvalue weighted by Crippen LogP contribution is -2.20. The summed E-state index contributed by atoms with van der Waals surface area (Å²) in [6.45, 7) is 7.38. The van der Waals surface area contributed by atoms with Gasteiger partial charge in [-0.05, 0) is 24.7 Å². The summed E-state index contributed by atoms with van der Waals surface area (Å²) in [4.78, 5) is 7.27. The molecule has 1 aliphatic heterocycles. The molecular weight excluding hydrogens is 296 g/mol. The molecule has 0 amide bonds. The molecule has 1 aliphatic carbocycles. The van der Waals surface area contributed by atoms with Gasteiger partial charge in [-0.15, -0.1) is 0 Å².